The Labute approximate surface area is 387 Å². The van der Waals surface area contributed by atoms with Gasteiger partial charge < -0.3 is 44.6 Å². The van der Waals surface area contributed by atoms with E-state index in [0.717, 1.165) is 5.57 Å². The molecule has 65 heavy (non-hydrogen) atoms. The van der Waals surface area contributed by atoms with E-state index in [1.165, 1.54) is 4.90 Å². The van der Waals surface area contributed by atoms with E-state index in [0.29, 0.717) is 64.2 Å². The number of cyclic esters (lactones) is 1. The summed E-state index contributed by atoms with van der Waals surface area (Å²) in [6, 6.07) is -1.15. The second-order valence-corrected chi connectivity index (χ2v) is 20.4. The first kappa shape index (κ1) is 54.5. The molecule has 1 saturated carbocycles. The number of hydrogen-bond donors (Lipinski definition) is 5. The number of ketones is 3. The number of carbonyl (C=O) groups is 5. The average molecular weight is 916 g/mol. The molecule has 14 nitrogen and oxygen atoms in total. The highest BCUT2D eigenvalue weighted by Crippen LogP contribution is 2.38. The van der Waals surface area contributed by atoms with Crippen molar-refractivity contribution < 1.29 is 63.7 Å². The summed E-state index contributed by atoms with van der Waals surface area (Å²) in [7, 11) is 1.57. The Hall–Kier alpha value is -3.11. The number of methoxy groups -OCH3 is 1. The zero-order valence-corrected chi connectivity index (χ0v) is 40.3. The number of carbonyl (C=O) groups excluding carboxylic acids is 5. The van der Waals surface area contributed by atoms with E-state index in [4.69, 9.17) is 14.2 Å². The quantitative estimate of drug-likeness (QED) is 0.166. The summed E-state index contributed by atoms with van der Waals surface area (Å²) in [5, 5.41) is 54.1. The molecule has 3 heterocycles. The number of fused-ring (bicyclic) bond motifs is 3. The first-order valence-corrected chi connectivity index (χ1v) is 24.4. The third kappa shape index (κ3) is 14.4. The monoisotopic (exact) mass is 916 g/mol. The molecule has 0 aromatic carbocycles. The summed E-state index contributed by atoms with van der Waals surface area (Å²) in [6.07, 6.45) is 11.1. The van der Waals surface area contributed by atoms with Crippen LogP contribution in [-0.2, 0) is 38.2 Å². The van der Waals surface area contributed by atoms with Crippen molar-refractivity contribution in [3.05, 3.63) is 36.0 Å². The predicted octanol–water partition coefficient (Wildman–Crippen LogP) is 5.45. The molecule has 1 amide bonds. The minimum atomic E-state index is -2.44. The summed E-state index contributed by atoms with van der Waals surface area (Å²) in [5.41, 5.74) is 0.870. The Morgan fingerprint density at radius 3 is 2.26 bits per heavy atom. The van der Waals surface area contributed by atoms with Crippen LogP contribution in [0.25, 0.3) is 0 Å². The zero-order chi connectivity index (χ0) is 48.2. The van der Waals surface area contributed by atoms with Crippen molar-refractivity contribution in [2.75, 3.05) is 26.9 Å². The molecule has 1 aliphatic carbocycles. The maximum absolute atomic E-state index is 14.4. The highest BCUT2D eigenvalue weighted by Gasteiger charge is 2.53. The van der Waals surface area contributed by atoms with E-state index < -0.39 is 96.2 Å². The molecule has 2 bridgehead atoms. The maximum Gasteiger partial charge on any atom is 0.329 e. The number of aliphatic hydroxyl groups excluding tert-OH is 4. The summed E-state index contributed by atoms with van der Waals surface area (Å²) >= 11 is 0. The van der Waals surface area contributed by atoms with Gasteiger partial charge in [0, 0.05) is 56.8 Å². The van der Waals surface area contributed by atoms with Gasteiger partial charge in [-0.2, -0.15) is 0 Å². The summed E-state index contributed by atoms with van der Waals surface area (Å²) in [5.74, 6) is -9.79. The lowest BCUT2D eigenvalue weighted by Crippen LogP contribution is -2.61. The summed E-state index contributed by atoms with van der Waals surface area (Å²) in [6.45, 7) is 12.1. The van der Waals surface area contributed by atoms with Gasteiger partial charge in [0.15, 0.2) is 0 Å². The fraction of sp³-hybridized carbons (Fsp3) is 0.784. The number of esters is 1. The molecule has 2 unspecified atom stereocenters. The van der Waals surface area contributed by atoms with E-state index in [2.05, 4.69) is 0 Å². The summed E-state index contributed by atoms with van der Waals surface area (Å²) in [4.78, 5) is 71.7. The molecule has 0 aromatic rings. The largest absolute Gasteiger partial charge is 0.460 e. The van der Waals surface area contributed by atoms with Gasteiger partial charge in [0.2, 0.25) is 5.79 Å². The topological polar surface area (TPSA) is 217 Å². The first-order chi connectivity index (χ1) is 30.7. The molecule has 14 heteroatoms. The minimum absolute atomic E-state index is 0.00294. The van der Waals surface area contributed by atoms with Crippen LogP contribution in [-0.4, -0.2) is 129 Å². The summed E-state index contributed by atoms with van der Waals surface area (Å²) < 4.78 is 18.2. The maximum atomic E-state index is 14.4. The second-order valence-electron chi connectivity index (χ2n) is 20.4. The van der Waals surface area contributed by atoms with Crippen LogP contribution in [0.15, 0.2) is 36.0 Å². The fourth-order valence-corrected chi connectivity index (χ4v) is 10.7. The third-order valence-corrected chi connectivity index (χ3v) is 15.1. The van der Waals surface area contributed by atoms with Crippen LogP contribution in [0.4, 0.5) is 0 Å². The Morgan fingerprint density at radius 2 is 1.58 bits per heavy atom. The molecule has 2 saturated heterocycles. The molecular weight excluding hydrogens is 835 g/mol. The number of allylic oxidation sites excluding steroid dienone is 5. The number of nitrogens with zero attached hydrogens (tertiary/aromatic N) is 1. The normalized spacial score (nSPS) is 40.8. The minimum Gasteiger partial charge on any atom is -0.460 e. The van der Waals surface area contributed by atoms with Crippen LogP contribution in [0.5, 0.6) is 0 Å². The molecule has 368 valence electrons. The Morgan fingerprint density at radius 1 is 0.862 bits per heavy atom. The number of Topliss-reactive ketones (excluding diaryl/α,β-unsaturated/α-hetero) is 3. The number of ether oxygens (including phenoxy) is 3. The number of aliphatic hydroxyl groups is 5. The van der Waals surface area contributed by atoms with Gasteiger partial charge in [0.05, 0.1) is 36.9 Å². The van der Waals surface area contributed by atoms with Gasteiger partial charge in [-0.05, 0) is 107 Å². The smallest absolute Gasteiger partial charge is 0.329 e. The number of rotatable bonds is 6. The number of hydrogen-bond acceptors (Lipinski definition) is 13. The van der Waals surface area contributed by atoms with Gasteiger partial charge in [-0.15, -0.1) is 0 Å². The Kier molecular flexibility index (Phi) is 21.2. The number of amides is 1. The van der Waals surface area contributed by atoms with E-state index in [1.807, 2.05) is 51.2 Å². The third-order valence-electron chi connectivity index (χ3n) is 15.1. The Balaban J connectivity index is 1.68. The standard InChI is InChI=1S/C51H81NO13/c1-30-14-10-9-11-15-31(2)44(63-8)26-39-19-17-36(7)51(62,65-39)48(59)49(60)52-21-13-12-16-41(52)50(61)64-45(33(4)24-37-18-20-42(55)38(25-37)28-53)27-43(56)32(3)23-35(6)47(58)40(29-54)46(57)34(5)22-30/h9-11,14-15,30,32-42,44-45,47,53-55,58,62H,12-13,16-29H2,1-8H3/b11-9+,14-10+,31-15+/t30-,32-,33-,34-,35?,36-,37+,38+,39+,40+,41+,42-,44+,45+,47-,51?/m1/s1. The van der Waals surface area contributed by atoms with Crippen molar-refractivity contribution in [1.82, 2.24) is 4.90 Å². The van der Waals surface area contributed by atoms with Gasteiger partial charge in [0.1, 0.15) is 23.7 Å². The van der Waals surface area contributed by atoms with Gasteiger partial charge in [0.25, 0.3) is 11.7 Å². The molecule has 0 radical (unpaired) electrons. The predicted molar refractivity (Wildman–Crippen MR) is 245 cm³/mol. The lowest BCUT2D eigenvalue weighted by molar-refractivity contribution is -0.265. The van der Waals surface area contributed by atoms with Gasteiger partial charge >= 0.3 is 5.97 Å². The lowest BCUT2D eigenvalue weighted by Gasteiger charge is -2.42. The van der Waals surface area contributed by atoms with Crippen molar-refractivity contribution in [1.29, 1.82) is 0 Å². The van der Waals surface area contributed by atoms with Crippen molar-refractivity contribution in [2.24, 2.45) is 53.3 Å². The van der Waals surface area contributed by atoms with E-state index >= 15 is 0 Å². The van der Waals surface area contributed by atoms with Crippen LogP contribution in [0.2, 0.25) is 0 Å². The van der Waals surface area contributed by atoms with Gasteiger partial charge in [-0.1, -0.05) is 71.9 Å². The van der Waals surface area contributed by atoms with Gasteiger partial charge in [-0.3, -0.25) is 19.2 Å². The van der Waals surface area contributed by atoms with Crippen LogP contribution in [0, 0.1) is 53.3 Å². The molecule has 4 aliphatic rings. The highest BCUT2D eigenvalue weighted by atomic mass is 16.6. The lowest BCUT2D eigenvalue weighted by atomic mass is 9.75. The van der Waals surface area contributed by atoms with Crippen molar-refractivity contribution in [2.45, 2.75) is 174 Å². The molecule has 5 N–H and O–H groups in total. The zero-order valence-electron chi connectivity index (χ0n) is 40.3. The van der Waals surface area contributed by atoms with Crippen molar-refractivity contribution in [3.63, 3.8) is 0 Å². The molecule has 0 aromatic heterocycles. The first-order valence-electron chi connectivity index (χ1n) is 24.4. The van der Waals surface area contributed by atoms with E-state index in [9.17, 15) is 49.5 Å². The van der Waals surface area contributed by atoms with Crippen LogP contribution in [0.1, 0.15) is 132 Å². The second kappa shape index (κ2) is 25.3. The fourth-order valence-electron chi connectivity index (χ4n) is 10.7. The van der Waals surface area contributed by atoms with E-state index in [-0.39, 0.29) is 67.7 Å². The van der Waals surface area contributed by atoms with E-state index in [1.54, 1.807) is 34.8 Å². The SMILES string of the molecule is CO[C@H]1C[C@@H]2CC[C@@H](C)C(O)(O2)C(=O)C(=O)N2CCCC[C@H]2C(=O)O[C@H]([C@H](C)C[C@@H]2CC[C@@H](O)[C@H](CO)C2)CC(=O)[C@H](C)CC(C)[C@@H](O)[C@@H](CO)C(=O)[C@H](C)C[C@H](C)/C=C/C=C/C=C/1C. The van der Waals surface area contributed by atoms with Crippen LogP contribution < -0.4 is 0 Å². The van der Waals surface area contributed by atoms with Crippen LogP contribution in [0.3, 0.4) is 0 Å². The van der Waals surface area contributed by atoms with Gasteiger partial charge in [-0.25, -0.2) is 4.79 Å². The van der Waals surface area contributed by atoms with Crippen molar-refractivity contribution in [3.8, 4) is 0 Å². The molecule has 4 rings (SSSR count). The van der Waals surface area contributed by atoms with Crippen molar-refractivity contribution >= 4 is 29.2 Å². The van der Waals surface area contributed by atoms with Crippen LogP contribution >= 0.6 is 0 Å². The highest BCUT2D eigenvalue weighted by molar-refractivity contribution is 6.39. The Bertz CT molecular complexity index is 1690. The molecule has 0 spiro atoms. The molecular formula is C51H81NO13. The average Bonchev–Trinajstić information content (AvgIpc) is 3.28. The number of piperidine rings is 1. The molecule has 3 fully saturated rings. The molecule has 3 aliphatic heterocycles. The molecule has 16 atom stereocenters.